The van der Waals surface area contributed by atoms with Gasteiger partial charge in [-0.1, -0.05) is 36.9 Å². The lowest BCUT2D eigenvalue weighted by Crippen LogP contribution is -1.75. The van der Waals surface area contributed by atoms with Crippen molar-refractivity contribution in [2.24, 2.45) is 0 Å². The van der Waals surface area contributed by atoms with Crippen LogP contribution in [0, 0.1) is 0 Å². The van der Waals surface area contributed by atoms with Crippen molar-refractivity contribution in [3.8, 4) is 0 Å². The van der Waals surface area contributed by atoms with Gasteiger partial charge in [0, 0.05) is 6.16 Å². The minimum absolute atomic E-state index is 0.648. The Morgan fingerprint density at radius 2 is 2.00 bits per heavy atom. The van der Waals surface area contributed by atoms with Gasteiger partial charge in [-0.25, -0.2) is 0 Å². The van der Waals surface area contributed by atoms with E-state index in [0.717, 1.165) is 5.56 Å². The highest BCUT2D eigenvalue weighted by Gasteiger charge is 1.94. The minimum Gasteiger partial charge on any atom is -0.322 e. The first-order chi connectivity index (χ1) is 5.33. The minimum atomic E-state index is -1.57. The van der Waals surface area contributed by atoms with E-state index in [1.165, 1.54) is 5.82 Å². The van der Waals surface area contributed by atoms with Gasteiger partial charge in [0.25, 0.3) is 0 Å². The van der Waals surface area contributed by atoms with E-state index in [9.17, 15) is 4.57 Å². The first kappa shape index (κ1) is 8.29. The predicted molar refractivity (Wildman–Crippen MR) is 49.3 cm³/mol. The van der Waals surface area contributed by atoms with E-state index in [2.05, 4.69) is 6.58 Å². The molecule has 0 heterocycles. The van der Waals surface area contributed by atoms with Crippen molar-refractivity contribution in [1.82, 2.24) is 0 Å². The van der Waals surface area contributed by atoms with Crippen LogP contribution in [0.15, 0.2) is 42.7 Å². The van der Waals surface area contributed by atoms with Gasteiger partial charge in [-0.2, -0.15) is 0 Å². The van der Waals surface area contributed by atoms with Crippen LogP contribution in [0.5, 0.6) is 0 Å². The summed E-state index contributed by atoms with van der Waals surface area (Å²) in [6.07, 6.45) is 0.648. The maximum Gasteiger partial charge on any atom is 0.100 e. The lowest BCUT2D eigenvalue weighted by molar-refractivity contribution is 0.592. The molecule has 0 radical (unpaired) electrons. The summed E-state index contributed by atoms with van der Waals surface area (Å²) in [6.45, 7) is 3.49. The van der Waals surface area contributed by atoms with E-state index >= 15 is 0 Å². The summed E-state index contributed by atoms with van der Waals surface area (Å²) in [7, 11) is -1.57. The van der Waals surface area contributed by atoms with Crippen LogP contribution in [-0.4, -0.2) is 0 Å². The molecule has 1 nitrogen and oxygen atoms in total. The topological polar surface area (TPSA) is 17.1 Å². The van der Waals surface area contributed by atoms with Crippen LogP contribution in [0.3, 0.4) is 0 Å². The van der Waals surface area contributed by atoms with Crippen LogP contribution in [0.1, 0.15) is 5.56 Å². The fraction of sp³-hybridized carbons (Fsp3) is 0.111. The van der Waals surface area contributed by atoms with Crippen molar-refractivity contribution >= 4 is 7.80 Å². The molecule has 11 heavy (non-hydrogen) atoms. The van der Waals surface area contributed by atoms with Crippen molar-refractivity contribution in [3.05, 3.63) is 48.3 Å². The average molecular weight is 166 g/mol. The summed E-state index contributed by atoms with van der Waals surface area (Å²) in [6, 6.07) is 9.81. The Morgan fingerprint density at radius 1 is 1.36 bits per heavy atom. The summed E-state index contributed by atoms with van der Waals surface area (Å²) in [5.41, 5.74) is 1.12. The molecule has 0 aliphatic rings. The Bertz CT molecular complexity index is 254. The zero-order valence-electron chi connectivity index (χ0n) is 6.29. The van der Waals surface area contributed by atoms with Gasteiger partial charge in [0.05, 0.1) is 0 Å². The third kappa shape index (κ3) is 2.73. The molecular weight excluding hydrogens is 155 g/mol. The number of hydrogen-bond donors (Lipinski definition) is 0. The fourth-order valence-electron chi connectivity index (χ4n) is 0.869. The monoisotopic (exact) mass is 166 g/mol. The second kappa shape index (κ2) is 4.15. The standard InChI is InChI=1S/C9H11OP/c1-2-11(10)8-9-6-4-3-5-7-9/h2-7,11H,1,8H2. The summed E-state index contributed by atoms with van der Waals surface area (Å²) < 4.78 is 11.0. The van der Waals surface area contributed by atoms with Gasteiger partial charge in [0.1, 0.15) is 7.80 Å². The molecule has 0 N–H and O–H groups in total. The maximum absolute atomic E-state index is 11.0. The highest BCUT2D eigenvalue weighted by Crippen LogP contribution is 2.26. The molecule has 0 saturated heterocycles. The highest BCUT2D eigenvalue weighted by atomic mass is 31.1. The Kier molecular flexibility index (Phi) is 3.13. The molecule has 0 saturated carbocycles. The molecule has 1 atom stereocenters. The van der Waals surface area contributed by atoms with E-state index in [1.807, 2.05) is 30.3 Å². The van der Waals surface area contributed by atoms with Gasteiger partial charge in [-0.3, -0.25) is 0 Å². The number of benzene rings is 1. The number of hydrogen-bond acceptors (Lipinski definition) is 1. The lowest BCUT2D eigenvalue weighted by atomic mass is 10.2. The van der Waals surface area contributed by atoms with Gasteiger partial charge in [-0.15, -0.1) is 0 Å². The molecule has 1 rings (SSSR count). The normalized spacial score (nSPS) is 12.4. The van der Waals surface area contributed by atoms with Crippen LogP contribution >= 0.6 is 7.80 Å². The average Bonchev–Trinajstić information content (AvgIpc) is 2.06. The van der Waals surface area contributed by atoms with Crippen molar-refractivity contribution in [2.45, 2.75) is 6.16 Å². The third-order valence-electron chi connectivity index (χ3n) is 1.45. The van der Waals surface area contributed by atoms with Gasteiger partial charge in [0.15, 0.2) is 0 Å². The second-order valence-corrected chi connectivity index (χ2v) is 4.03. The van der Waals surface area contributed by atoms with Crippen molar-refractivity contribution in [3.63, 3.8) is 0 Å². The molecule has 0 fully saturated rings. The molecule has 2 heteroatoms. The molecular formula is C9H11OP. The van der Waals surface area contributed by atoms with Gasteiger partial charge < -0.3 is 4.57 Å². The van der Waals surface area contributed by atoms with E-state index in [-0.39, 0.29) is 0 Å². The van der Waals surface area contributed by atoms with E-state index in [0.29, 0.717) is 6.16 Å². The molecule has 0 amide bonds. The molecule has 0 aromatic heterocycles. The van der Waals surface area contributed by atoms with Crippen LogP contribution in [0.4, 0.5) is 0 Å². The quantitative estimate of drug-likeness (QED) is 0.631. The Balaban J connectivity index is 2.65. The molecule has 1 aromatic carbocycles. The summed E-state index contributed by atoms with van der Waals surface area (Å²) in [4.78, 5) is 0. The summed E-state index contributed by atoms with van der Waals surface area (Å²) >= 11 is 0. The maximum atomic E-state index is 11.0. The Hall–Kier alpha value is -0.810. The van der Waals surface area contributed by atoms with Gasteiger partial charge in [-0.05, 0) is 11.4 Å². The van der Waals surface area contributed by atoms with Crippen LogP contribution < -0.4 is 0 Å². The highest BCUT2D eigenvalue weighted by molar-refractivity contribution is 7.47. The molecule has 0 aliphatic carbocycles. The molecule has 1 unspecified atom stereocenters. The summed E-state index contributed by atoms with van der Waals surface area (Å²) in [5, 5.41) is 0. The Morgan fingerprint density at radius 3 is 2.55 bits per heavy atom. The van der Waals surface area contributed by atoms with E-state index < -0.39 is 7.80 Å². The molecule has 1 aromatic rings. The zero-order valence-corrected chi connectivity index (χ0v) is 7.29. The fourth-order valence-corrected chi connectivity index (χ4v) is 1.65. The molecule has 0 spiro atoms. The van der Waals surface area contributed by atoms with Gasteiger partial charge >= 0.3 is 0 Å². The second-order valence-electron chi connectivity index (χ2n) is 2.33. The van der Waals surface area contributed by atoms with Crippen LogP contribution in [-0.2, 0) is 10.7 Å². The molecule has 0 aliphatic heterocycles. The lowest BCUT2D eigenvalue weighted by Gasteiger charge is -1.95. The SMILES string of the molecule is C=C[PH](=O)Cc1ccccc1. The largest absolute Gasteiger partial charge is 0.322 e. The zero-order chi connectivity index (χ0) is 8.10. The molecule has 0 bridgehead atoms. The summed E-state index contributed by atoms with van der Waals surface area (Å²) in [5.74, 6) is 1.54. The van der Waals surface area contributed by atoms with E-state index in [1.54, 1.807) is 0 Å². The smallest absolute Gasteiger partial charge is 0.100 e. The van der Waals surface area contributed by atoms with Crippen LogP contribution in [0.2, 0.25) is 0 Å². The molecule has 58 valence electrons. The van der Waals surface area contributed by atoms with Crippen molar-refractivity contribution < 1.29 is 4.57 Å². The van der Waals surface area contributed by atoms with Crippen molar-refractivity contribution in [2.75, 3.05) is 0 Å². The first-order valence-electron chi connectivity index (χ1n) is 3.52. The van der Waals surface area contributed by atoms with Gasteiger partial charge in [0.2, 0.25) is 0 Å². The predicted octanol–water partition coefficient (Wildman–Crippen LogP) is 2.89. The third-order valence-corrected chi connectivity index (χ3v) is 2.66. The first-order valence-corrected chi connectivity index (χ1v) is 5.21. The van der Waals surface area contributed by atoms with Crippen LogP contribution in [0.25, 0.3) is 0 Å². The Labute approximate surface area is 67.5 Å². The number of rotatable bonds is 3. The van der Waals surface area contributed by atoms with Crippen molar-refractivity contribution in [1.29, 1.82) is 0 Å². The van der Waals surface area contributed by atoms with E-state index in [4.69, 9.17) is 0 Å².